The summed E-state index contributed by atoms with van der Waals surface area (Å²) in [6.07, 6.45) is -1.76. The van der Waals surface area contributed by atoms with Crippen molar-refractivity contribution < 1.29 is 18.3 Å². The number of esters is 1. The minimum atomic E-state index is -2.72. The van der Waals surface area contributed by atoms with E-state index < -0.39 is 12.4 Å². The van der Waals surface area contributed by atoms with Gasteiger partial charge in [-0.15, -0.1) is 0 Å². The van der Waals surface area contributed by atoms with E-state index in [2.05, 4.69) is 20.9 Å². The van der Waals surface area contributed by atoms with Gasteiger partial charge in [0.2, 0.25) is 0 Å². The number of halogens is 4. The van der Waals surface area contributed by atoms with Crippen molar-refractivity contribution >= 4 is 33.5 Å². The Bertz CT molecular complexity index is 429. The first-order chi connectivity index (χ1) is 8.02. The average Bonchev–Trinajstić information content (AvgIpc) is 2.28. The number of nitrogens with zero attached hydrogens (tertiary/aromatic N) is 1. The fourth-order valence-corrected chi connectivity index (χ4v) is 2.12. The molecule has 0 saturated carbocycles. The maximum absolute atomic E-state index is 12.7. The lowest BCUT2D eigenvalue weighted by molar-refractivity contribution is 0.0524. The summed E-state index contributed by atoms with van der Waals surface area (Å²) in [7, 11) is 0. The second kappa shape index (κ2) is 6.26. The highest BCUT2D eigenvalue weighted by Gasteiger charge is 2.24. The molecule has 0 atom stereocenters. The zero-order valence-electron chi connectivity index (χ0n) is 8.84. The second-order valence-corrected chi connectivity index (χ2v) is 3.93. The molecule has 1 aromatic heterocycles. The third-order valence-corrected chi connectivity index (χ3v) is 2.87. The molecule has 17 heavy (non-hydrogen) atoms. The summed E-state index contributed by atoms with van der Waals surface area (Å²) in [5.74, 6) is -0.748. The maximum Gasteiger partial charge on any atom is 0.341 e. The molecule has 0 aliphatic carbocycles. The molecule has 1 heterocycles. The highest BCUT2D eigenvalue weighted by atomic mass is 79.9. The number of aromatic nitrogens is 1. The molecule has 0 fully saturated rings. The van der Waals surface area contributed by atoms with Gasteiger partial charge in [-0.25, -0.2) is 18.6 Å². The molecule has 0 aliphatic heterocycles. The van der Waals surface area contributed by atoms with Crippen molar-refractivity contribution in [3.63, 3.8) is 0 Å². The van der Waals surface area contributed by atoms with Gasteiger partial charge < -0.3 is 4.74 Å². The van der Waals surface area contributed by atoms with Gasteiger partial charge in [0.05, 0.1) is 6.61 Å². The minimum Gasteiger partial charge on any atom is -0.462 e. The SMILES string of the molecule is CCOC(=O)c1c(Cl)ncc(C(F)F)c1CBr. The van der Waals surface area contributed by atoms with E-state index in [9.17, 15) is 13.6 Å². The first-order valence-corrected chi connectivity index (χ1v) is 6.21. The molecule has 0 aromatic carbocycles. The first kappa shape index (κ1) is 14.3. The number of ether oxygens (including phenoxy) is 1. The van der Waals surface area contributed by atoms with Gasteiger partial charge in [-0.3, -0.25) is 0 Å². The summed E-state index contributed by atoms with van der Waals surface area (Å²) in [6, 6.07) is 0. The first-order valence-electron chi connectivity index (χ1n) is 4.71. The summed E-state index contributed by atoms with van der Waals surface area (Å²) >= 11 is 8.79. The molecule has 0 spiro atoms. The van der Waals surface area contributed by atoms with E-state index in [0.717, 1.165) is 6.20 Å². The Labute approximate surface area is 110 Å². The van der Waals surface area contributed by atoms with Crippen LogP contribution in [0.15, 0.2) is 6.20 Å². The summed E-state index contributed by atoms with van der Waals surface area (Å²) in [5, 5.41) is -0.0643. The van der Waals surface area contributed by atoms with Gasteiger partial charge in [-0.1, -0.05) is 27.5 Å². The monoisotopic (exact) mass is 327 g/mol. The topological polar surface area (TPSA) is 39.2 Å². The molecule has 0 saturated heterocycles. The molecule has 0 unspecified atom stereocenters. The van der Waals surface area contributed by atoms with Gasteiger partial charge in [-0.2, -0.15) is 0 Å². The van der Waals surface area contributed by atoms with Crippen LogP contribution in [-0.4, -0.2) is 17.6 Å². The van der Waals surface area contributed by atoms with E-state index in [1.165, 1.54) is 0 Å². The van der Waals surface area contributed by atoms with E-state index in [-0.39, 0.29) is 33.8 Å². The number of pyridine rings is 1. The molecular weight excluding hydrogens is 319 g/mol. The fraction of sp³-hybridized carbons (Fsp3) is 0.400. The van der Waals surface area contributed by atoms with Gasteiger partial charge in [-0.05, 0) is 12.5 Å². The normalized spacial score (nSPS) is 10.7. The predicted octanol–water partition coefficient (Wildman–Crippen LogP) is 3.74. The largest absolute Gasteiger partial charge is 0.462 e. The predicted molar refractivity (Wildman–Crippen MR) is 62.8 cm³/mol. The van der Waals surface area contributed by atoms with Gasteiger partial charge in [0.1, 0.15) is 10.7 Å². The third kappa shape index (κ3) is 3.13. The lowest BCUT2D eigenvalue weighted by Crippen LogP contribution is -2.11. The molecular formula is C10H9BrClF2NO2. The summed E-state index contributed by atoms with van der Waals surface area (Å²) < 4.78 is 30.2. The third-order valence-electron chi connectivity index (χ3n) is 2.02. The average molecular weight is 329 g/mol. The van der Waals surface area contributed by atoms with Crippen LogP contribution in [0.25, 0.3) is 0 Å². The molecule has 0 aliphatic rings. The van der Waals surface area contributed by atoms with Crippen molar-refractivity contribution in [1.29, 1.82) is 0 Å². The van der Waals surface area contributed by atoms with E-state index in [4.69, 9.17) is 16.3 Å². The van der Waals surface area contributed by atoms with Crippen LogP contribution < -0.4 is 0 Å². The van der Waals surface area contributed by atoms with Crippen LogP contribution in [0.5, 0.6) is 0 Å². The summed E-state index contributed by atoms with van der Waals surface area (Å²) in [5.41, 5.74) is -0.323. The zero-order valence-corrected chi connectivity index (χ0v) is 11.2. The number of hydrogen-bond acceptors (Lipinski definition) is 3. The van der Waals surface area contributed by atoms with Crippen LogP contribution >= 0.6 is 27.5 Å². The van der Waals surface area contributed by atoms with Gasteiger partial charge >= 0.3 is 5.97 Å². The highest BCUT2D eigenvalue weighted by molar-refractivity contribution is 9.08. The van der Waals surface area contributed by atoms with Crippen molar-refractivity contribution in [2.75, 3.05) is 6.61 Å². The Balaban J connectivity index is 3.35. The summed E-state index contributed by atoms with van der Waals surface area (Å²) in [6.45, 7) is 1.75. The molecule has 7 heteroatoms. The van der Waals surface area contributed by atoms with Crippen LogP contribution in [0.3, 0.4) is 0 Å². The van der Waals surface area contributed by atoms with Crippen LogP contribution in [-0.2, 0) is 10.1 Å². The Kier molecular flexibility index (Phi) is 5.27. The van der Waals surface area contributed by atoms with E-state index in [0.29, 0.717) is 0 Å². The number of carbonyl (C=O) groups excluding carboxylic acids is 1. The van der Waals surface area contributed by atoms with Crippen LogP contribution in [0.1, 0.15) is 34.8 Å². The van der Waals surface area contributed by atoms with Crippen LogP contribution in [0, 0.1) is 0 Å². The molecule has 1 aromatic rings. The number of carbonyl (C=O) groups is 1. The quantitative estimate of drug-likeness (QED) is 0.480. The van der Waals surface area contributed by atoms with Crippen molar-refractivity contribution in [2.45, 2.75) is 18.7 Å². The summed E-state index contributed by atoms with van der Waals surface area (Å²) in [4.78, 5) is 15.2. The molecule has 0 bridgehead atoms. The van der Waals surface area contributed by atoms with Gasteiger partial charge in [0.25, 0.3) is 6.43 Å². The number of alkyl halides is 3. The number of hydrogen-bond donors (Lipinski definition) is 0. The molecule has 0 amide bonds. The Morgan fingerprint density at radius 3 is 2.76 bits per heavy atom. The minimum absolute atomic E-state index is 0.0725. The fourth-order valence-electron chi connectivity index (χ4n) is 1.28. The standard InChI is InChI=1S/C10H9BrClF2NO2/c1-2-17-10(16)7-5(3-11)6(9(13)14)4-15-8(7)12/h4,9H,2-3H2,1H3. The van der Waals surface area contributed by atoms with E-state index >= 15 is 0 Å². The van der Waals surface area contributed by atoms with Crippen LogP contribution in [0.2, 0.25) is 5.15 Å². The van der Waals surface area contributed by atoms with E-state index in [1.54, 1.807) is 6.92 Å². The van der Waals surface area contributed by atoms with Crippen LogP contribution in [0.4, 0.5) is 8.78 Å². The molecule has 94 valence electrons. The van der Waals surface area contributed by atoms with Crippen molar-refractivity contribution in [2.24, 2.45) is 0 Å². The van der Waals surface area contributed by atoms with Crippen molar-refractivity contribution in [1.82, 2.24) is 4.98 Å². The van der Waals surface area contributed by atoms with Crippen molar-refractivity contribution in [3.05, 3.63) is 28.0 Å². The Hall–Kier alpha value is -0.750. The molecule has 0 radical (unpaired) electrons. The Morgan fingerprint density at radius 2 is 2.29 bits per heavy atom. The highest BCUT2D eigenvalue weighted by Crippen LogP contribution is 2.30. The number of rotatable bonds is 4. The second-order valence-electron chi connectivity index (χ2n) is 3.01. The Morgan fingerprint density at radius 1 is 1.65 bits per heavy atom. The molecule has 3 nitrogen and oxygen atoms in total. The van der Waals surface area contributed by atoms with E-state index in [1.807, 2.05) is 0 Å². The molecule has 0 N–H and O–H groups in total. The zero-order chi connectivity index (χ0) is 13.0. The lowest BCUT2D eigenvalue weighted by Gasteiger charge is -2.12. The van der Waals surface area contributed by atoms with Gasteiger partial charge in [0, 0.05) is 17.1 Å². The lowest BCUT2D eigenvalue weighted by atomic mass is 10.1. The van der Waals surface area contributed by atoms with Gasteiger partial charge in [0.15, 0.2) is 0 Å². The maximum atomic E-state index is 12.7. The van der Waals surface area contributed by atoms with Crippen molar-refractivity contribution in [3.8, 4) is 0 Å². The smallest absolute Gasteiger partial charge is 0.341 e. The molecule has 1 rings (SSSR count).